The number of carbonyl (C=O) groups excluding carboxylic acids is 1. The van der Waals surface area contributed by atoms with Crippen LogP contribution in [0.15, 0.2) is 18.2 Å². The predicted octanol–water partition coefficient (Wildman–Crippen LogP) is 2.29. The average molecular weight is 282 g/mol. The number of halogens is 2. The van der Waals surface area contributed by atoms with Gasteiger partial charge < -0.3 is 11.1 Å². The summed E-state index contributed by atoms with van der Waals surface area (Å²) in [4.78, 5) is 11.8. The highest BCUT2D eigenvalue weighted by atomic mass is 19.2. The van der Waals surface area contributed by atoms with Crippen molar-refractivity contribution in [2.45, 2.75) is 44.1 Å². The number of hydrogen-bond donors (Lipinski definition) is 2. The molecule has 0 unspecified atom stereocenters. The fraction of sp³-hybridized carbons (Fsp3) is 0.533. The fourth-order valence-corrected chi connectivity index (χ4v) is 2.60. The third kappa shape index (κ3) is 4.00. The molecular formula is C15H20F2N2O. The van der Waals surface area contributed by atoms with Gasteiger partial charge in [-0.25, -0.2) is 8.78 Å². The summed E-state index contributed by atoms with van der Waals surface area (Å²) in [5.41, 5.74) is 6.36. The molecule has 0 aliphatic heterocycles. The third-order valence-electron chi connectivity index (χ3n) is 3.84. The highest BCUT2D eigenvalue weighted by Gasteiger charge is 2.27. The maximum absolute atomic E-state index is 13.0. The molecule has 0 atom stereocenters. The molecule has 1 aromatic rings. The van der Waals surface area contributed by atoms with Gasteiger partial charge >= 0.3 is 0 Å². The van der Waals surface area contributed by atoms with Crippen LogP contribution in [0.25, 0.3) is 0 Å². The van der Waals surface area contributed by atoms with Gasteiger partial charge in [-0.05, 0) is 30.5 Å². The normalized spacial score (nSPS) is 17.8. The van der Waals surface area contributed by atoms with E-state index in [2.05, 4.69) is 5.32 Å². The van der Waals surface area contributed by atoms with Gasteiger partial charge in [-0.15, -0.1) is 0 Å². The Balaban J connectivity index is 1.84. The average Bonchev–Trinajstić information content (AvgIpc) is 2.42. The van der Waals surface area contributed by atoms with Crippen LogP contribution in [-0.4, -0.2) is 18.0 Å². The van der Waals surface area contributed by atoms with E-state index in [1.54, 1.807) is 0 Å². The second-order valence-corrected chi connectivity index (χ2v) is 5.63. The Morgan fingerprint density at radius 2 is 1.90 bits per heavy atom. The van der Waals surface area contributed by atoms with E-state index in [1.807, 2.05) is 0 Å². The molecule has 3 N–H and O–H groups in total. The zero-order valence-corrected chi connectivity index (χ0v) is 11.4. The minimum absolute atomic E-state index is 0.0350. The Morgan fingerprint density at radius 3 is 2.55 bits per heavy atom. The zero-order chi connectivity index (χ0) is 14.6. The molecule has 0 saturated heterocycles. The molecule has 0 aromatic heterocycles. The summed E-state index contributed by atoms with van der Waals surface area (Å²) in [5, 5.41) is 2.80. The molecule has 2 rings (SSSR count). The molecule has 1 aromatic carbocycles. The van der Waals surface area contributed by atoms with Crippen LogP contribution in [0.4, 0.5) is 8.78 Å². The van der Waals surface area contributed by atoms with Crippen molar-refractivity contribution in [3.8, 4) is 0 Å². The molecule has 20 heavy (non-hydrogen) atoms. The van der Waals surface area contributed by atoms with Crippen molar-refractivity contribution >= 4 is 5.91 Å². The Bertz CT molecular complexity index is 485. The van der Waals surface area contributed by atoms with Gasteiger partial charge in [0.1, 0.15) is 0 Å². The Kier molecular flexibility index (Phi) is 4.70. The van der Waals surface area contributed by atoms with Crippen LogP contribution < -0.4 is 11.1 Å². The number of carbonyl (C=O) groups is 1. The van der Waals surface area contributed by atoms with Gasteiger partial charge in [0.25, 0.3) is 0 Å². The maximum Gasteiger partial charge on any atom is 0.224 e. The number of amides is 1. The molecule has 1 fully saturated rings. The lowest BCUT2D eigenvalue weighted by Crippen LogP contribution is -2.51. The molecule has 3 nitrogen and oxygen atoms in total. The summed E-state index contributed by atoms with van der Waals surface area (Å²) < 4.78 is 25.8. The molecule has 0 spiro atoms. The van der Waals surface area contributed by atoms with Crippen molar-refractivity contribution in [3.05, 3.63) is 35.4 Å². The number of rotatable bonds is 4. The van der Waals surface area contributed by atoms with Gasteiger partial charge in [0.15, 0.2) is 11.6 Å². The van der Waals surface area contributed by atoms with Gasteiger partial charge in [0.05, 0.1) is 6.42 Å². The van der Waals surface area contributed by atoms with E-state index >= 15 is 0 Å². The van der Waals surface area contributed by atoms with E-state index in [1.165, 1.54) is 12.5 Å². The maximum atomic E-state index is 13.0. The summed E-state index contributed by atoms with van der Waals surface area (Å²) in [7, 11) is 0. The molecular weight excluding hydrogens is 262 g/mol. The second kappa shape index (κ2) is 6.31. The summed E-state index contributed by atoms with van der Waals surface area (Å²) in [5.74, 6) is -2.05. The van der Waals surface area contributed by atoms with E-state index in [0.717, 1.165) is 37.8 Å². The van der Waals surface area contributed by atoms with Gasteiger partial charge in [-0.3, -0.25) is 4.79 Å². The minimum Gasteiger partial charge on any atom is -0.354 e. The lowest BCUT2D eigenvalue weighted by Gasteiger charge is -2.33. The molecule has 110 valence electrons. The Hall–Kier alpha value is -1.49. The predicted molar refractivity (Wildman–Crippen MR) is 73.1 cm³/mol. The lowest BCUT2D eigenvalue weighted by molar-refractivity contribution is -0.120. The monoisotopic (exact) mass is 282 g/mol. The first-order valence-corrected chi connectivity index (χ1v) is 6.98. The van der Waals surface area contributed by atoms with Crippen molar-refractivity contribution < 1.29 is 13.6 Å². The minimum atomic E-state index is -0.933. The molecule has 1 aliphatic carbocycles. The number of nitrogens with two attached hydrogens (primary N) is 1. The topological polar surface area (TPSA) is 55.1 Å². The van der Waals surface area contributed by atoms with Crippen LogP contribution in [0, 0.1) is 11.6 Å². The highest BCUT2D eigenvalue weighted by Crippen LogP contribution is 2.25. The van der Waals surface area contributed by atoms with Crippen LogP contribution in [0.3, 0.4) is 0 Å². The van der Waals surface area contributed by atoms with E-state index < -0.39 is 11.6 Å². The smallest absolute Gasteiger partial charge is 0.224 e. The zero-order valence-electron chi connectivity index (χ0n) is 11.4. The van der Waals surface area contributed by atoms with Crippen molar-refractivity contribution in [3.63, 3.8) is 0 Å². The molecule has 0 heterocycles. The number of benzene rings is 1. The molecule has 5 heteroatoms. The molecule has 0 bridgehead atoms. The van der Waals surface area contributed by atoms with Crippen LogP contribution in [0.5, 0.6) is 0 Å². The van der Waals surface area contributed by atoms with Crippen LogP contribution >= 0.6 is 0 Å². The molecule has 0 radical (unpaired) electrons. The number of hydrogen-bond acceptors (Lipinski definition) is 2. The summed E-state index contributed by atoms with van der Waals surface area (Å²) >= 11 is 0. The number of nitrogens with one attached hydrogen (secondary N) is 1. The summed E-state index contributed by atoms with van der Waals surface area (Å²) in [6.07, 6.45) is 5.25. The summed E-state index contributed by atoms with van der Waals surface area (Å²) in [6.45, 7) is 0.440. The van der Waals surface area contributed by atoms with E-state index in [-0.39, 0.29) is 17.9 Å². The van der Waals surface area contributed by atoms with E-state index in [4.69, 9.17) is 5.73 Å². The van der Waals surface area contributed by atoms with E-state index in [9.17, 15) is 13.6 Å². The first kappa shape index (κ1) is 14.9. The summed E-state index contributed by atoms with van der Waals surface area (Å²) in [6, 6.07) is 3.49. The van der Waals surface area contributed by atoms with Crippen molar-refractivity contribution in [2.75, 3.05) is 6.54 Å². The molecule has 1 aliphatic rings. The largest absolute Gasteiger partial charge is 0.354 e. The van der Waals surface area contributed by atoms with Gasteiger partial charge in [0, 0.05) is 12.1 Å². The standard InChI is InChI=1S/C15H20F2N2O/c16-12-5-4-11(8-13(12)17)9-14(20)19-10-15(18)6-2-1-3-7-15/h4-5,8H,1-3,6-7,9-10,18H2,(H,19,20). The molecule has 1 amide bonds. The van der Waals surface area contributed by atoms with Crippen molar-refractivity contribution in [1.29, 1.82) is 0 Å². The Labute approximate surface area is 117 Å². The SMILES string of the molecule is NC1(CNC(=O)Cc2ccc(F)c(F)c2)CCCCC1. The third-order valence-corrected chi connectivity index (χ3v) is 3.84. The van der Waals surface area contributed by atoms with Crippen molar-refractivity contribution in [2.24, 2.45) is 5.73 Å². The van der Waals surface area contributed by atoms with Crippen LogP contribution in [0.1, 0.15) is 37.7 Å². The molecule has 1 saturated carbocycles. The van der Waals surface area contributed by atoms with Gasteiger partial charge in [-0.1, -0.05) is 25.3 Å². The van der Waals surface area contributed by atoms with Crippen LogP contribution in [-0.2, 0) is 11.2 Å². The first-order chi connectivity index (χ1) is 9.48. The Morgan fingerprint density at radius 1 is 1.20 bits per heavy atom. The first-order valence-electron chi connectivity index (χ1n) is 6.98. The van der Waals surface area contributed by atoms with Crippen molar-refractivity contribution in [1.82, 2.24) is 5.32 Å². The second-order valence-electron chi connectivity index (χ2n) is 5.63. The van der Waals surface area contributed by atoms with Gasteiger partial charge in [-0.2, -0.15) is 0 Å². The fourth-order valence-electron chi connectivity index (χ4n) is 2.60. The van der Waals surface area contributed by atoms with Crippen LogP contribution in [0.2, 0.25) is 0 Å². The van der Waals surface area contributed by atoms with Gasteiger partial charge in [0.2, 0.25) is 5.91 Å². The van der Waals surface area contributed by atoms with E-state index in [0.29, 0.717) is 12.1 Å². The quantitative estimate of drug-likeness (QED) is 0.890. The highest BCUT2D eigenvalue weighted by molar-refractivity contribution is 5.78. The lowest BCUT2D eigenvalue weighted by atomic mass is 9.82.